The zero-order valence-corrected chi connectivity index (χ0v) is 9.83. The van der Waals surface area contributed by atoms with Gasteiger partial charge < -0.3 is 5.11 Å². The fraction of sp³-hybridized carbons (Fsp3) is 0. The normalized spacial score (nSPS) is 10.3. The van der Waals surface area contributed by atoms with Crippen molar-refractivity contribution in [1.29, 1.82) is 0 Å². The van der Waals surface area contributed by atoms with E-state index in [1.165, 1.54) is 0 Å². The Morgan fingerprint density at radius 2 is 2.07 bits per heavy atom. The van der Waals surface area contributed by atoms with Crippen molar-refractivity contribution in [3.05, 3.63) is 40.1 Å². The number of hydrogen-bond acceptors (Lipinski definition) is 3. The van der Waals surface area contributed by atoms with Gasteiger partial charge >= 0.3 is 0 Å². The molecule has 1 N–H and O–H groups in total. The number of hydrogen-bond donors (Lipinski definition) is 1. The Bertz CT molecular complexity index is 505. The lowest BCUT2D eigenvalue weighted by Crippen LogP contribution is -1.88. The maximum absolute atomic E-state index is 9.64. The summed E-state index contributed by atoms with van der Waals surface area (Å²) in [7, 11) is 0. The predicted octanol–water partition coefficient (Wildman–Crippen LogP) is 3.27. The van der Waals surface area contributed by atoms with Crippen molar-refractivity contribution in [2.24, 2.45) is 0 Å². The molecule has 0 fully saturated rings. The molecule has 1 aromatic carbocycles. The van der Waals surface area contributed by atoms with Crippen LogP contribution in [0.5, 0.6) is 5.75 Å². The second-order valence-electron chi connectivity index (χ2n) is 2.86. The van der Waals surface area contributed by atoms with Crippen LogP contribution in [-0.4, -0.2) is 15.1 Å². The summed E-state index contributed by atoms with van der Waals surface area (Å²) in [5, 5.41) is 9.98. The van der Waals surface area contributed by atoms with Crippen LogP contribution < -0.4 is 0 Å². The minimum absolute atomic E-state index is 0.125. The van der Waals surface area contributed by atoms with Gasteiger partial charge in [0.05, 0.1) is 5.56 Å². The maximum Gasteiger partial charge on any atom is 0.164 e. The number of rotatable bonds is 1. The van der Waals surface area contributed by atoms with Crippen molar-refractivity contribution in [3.63, 3.8) is 0 Å². The summed E-state index contributed by atoms with van der Waals surface area (Å²) in [5.74, 6) is 0.529. The van der Waals surface area contributed by atoms with Gasteiger partial charge in [-0.3, -0.25) is 0 Å². The van der Waals surface area contributed by atoms with Crippen LogP contribution in [0.4, 0.5) is 0 Å². The van der Waals surface area contributed by atoms with Crippen LogP contribution in [0.25, 0.3) is 11.4 Å². The average molecular weight is 286 g/mol. The molecule has 0 radical (unpaired) electrons. The SMILES string of the molecule is Oc1ccc(Br)cc1-c1nccc(Cl)n1. The van der Waals surface area contributed by atoms with Gasteiger partial charge in [-0.25, -0.2) is 9.97 Å². The van der Waals surface area contributed by atoms with Crippen molar-refractivity contribution in [2.75, 3.05) is 0 Å². The molecule has 0 bridgehead atoms. The lowest BCUT2D eigenvalue weighted by atomic mass is 10.2. The first-order valence-corrected chi connectivity index (χ1v) is 5.31. The predicted molar refractivity (Wildman–Crippen MR) is 61.8 cm³/mol. The lowest BCUT2D eigenvalue weighted by Gasteiger charge is -2.03. The molecule has 1 aromatic heterocycles. The third-order valence-electron chi connectivity index (χ3n) is 1.82. The Labute approximate surface area is 99.9 Å². The van der Waals surface area contributed by atoms with Crippen molar-refractivity contribution in [1.82, 2.24) is 9.97 Å². The minimum atomic E-state index is 0.125. The van der Waals surface area contributed by atoms with Crippen molar-refractivity contribution < 1.29 is 5.11 Å². The summed E-state index contributed by atoms with van der Waals surface area (Å²) < 4.78 is 0.846. The first kappa shape index (κ1) is 10.4. The highest BCUT2D eigenvalue weighted by molar-refractivity contribution is 9.10. The van der Waals surface area contributed by atoms with Gasteiger partial charge in [0.25, 0.3) is 0 Å². The molecule has 0 saturated carbocycles. The molecule has 0 aliphatic rings. The van der Waals surface area contributed by atoms with E-state index in [9.17, 15) is 5.11 Å². The Kier molecular flexibility index (Phi) is 2.88. The molecule has 0 aliphatic heterocycles. The highest BCUT2D eigenvalue weighted by atomic mass is 79.9. The molecule has 76 valence electrons. The van der Waals surface area contributed by atoms with Crippen LogP contribution in [0, 0.1) is 0 Å². The molecule has 2 rings (SSSR count). The topological polar surface area (TPSA) is 46.0 Å². The van der Waals surface area contributed by atoms with Gasteiger partial charge in [0.1, 0.15) is 10.9 Å². The van der Waals surface area contributed by atoms with Gasteiger partial charge in [-0.05, 0) is 24.3 Å². The van der Waals surface area contributed by atoms with Gasteiger partial charge in [-0.2, -0.15) is 0 Å². The Balaban J connectivity index is 2.58. The zero-order chi connectivity index (χ0) is 10.8. The summed E-state index contributed by atoms with van der Waals surface area (Å²) in [6.45, 7) is 0. The Hall–Kier alpha value is -1.13. The molecule has 15 heavy (non-hydrogen) atoms. The summed E-state index contributed by atoms with van der Waals surface area (Å²) in [6.07, 6.45) is 1.55. The first-order valence-electron chi connectivity index (χ1n) is 4.14. The monoisotopic (exact) mass is 284 g/mol. The van der Waals surface area contributed by atoms with E-state index in [4.69, 9.17) is 11.6 Å². The van der Waals surface area contributed by atoms with Crippen LogP contribution in [0.1, 0.15) is 0 Å². The van der Waals surface area contributed by atoms with E-state index in [1.807, 2.05) is 0 Å². The maximum atomic E-state index is 9.64. The number of aromatic nitrogens is 2. The third kappa shape index (κ3) is 2.27. The molecule has 0 atom stereocenters. The second-order valence-corrected chi connectivity index (χ2v) is 4.17. The van der Waals surface area contributed by atoms with Gasteiger partial charge in [0.15, 0.2) is 5.82 Å². The highest BCUT2D eigenvalue weighted by Gasteiger charge is 2.07. The Morgan fingerprint density at radius 1 is 1.27 bits per heavy atom. The van der Waals surface area contributed by atoms with E-state index in [2.05, 4.69) is 25.9 Å². The van der Waals surface area contributed by atoms with E-state index in [0.29, 0.717) is 16.5 Å². The number of aromatic hydroxyl groups is 1. The van der Waals surface area contributed by atoms with E-state index < -0.39 is 0 Å². The van der Waals surface area contributed by atoms with E-state index in [0.717, 1.165) is 4.47 Å². The molecule has 1 heterocycles. The smallest absolute Gasteiger partial charge is 0.164 e. The van der Waals surface area contributed by atoms with Crippen LogP contribution in [-0.2, 0) is 0 Å². The largest absolute Gasteiger partial charge is 0.507 e. The molecule has 5 heteroatoms. The van der Waals surface area contributed by atoms with E-state index in [1.54, 1.807) is 30.5 Å². The Morgan fingerprint density at radius 3 is 2.80 bits per heavy atom. The molecule has 0 saturated heterocycles. The van der Waals surface area contributed by atoms with Crippen molar-refractivity contribution in [3.8, 4) is 17.1 Å². The molecule has 0 spiro atoms. The van der Waals surface area contributed by atoms with Gasteiger partial charge in [0, 0.05) is 10.7 Å². The van der Waals surface area contributed by atoms with E-state index in [-0.39, 0.29) is 5.75 Å². The number of phenols is 1. The highest BCUT2D eigenvalue weighted by Crippen LogP contribution is 2.29. The van der Waals surface area contributed by atoms with Gasteiger partial charge in [0.2, 0.25) is 0 Å². The minimum Gasteiger partial charge on any atom is -0.507 e. The van der Waals surface area contributed by atoms with Crippen molar-refractivity contribution in [2.45, 2.75) is 0 Å². The van der Waals surface area contributed by atoms with Crippen LogP contribution in [0.2, 0.25) is 5.15 Å². The number of nitrogens with zero attached hydrogens (tertiary/aromatic N) is 2. The van der Waals surface area contributed by atoms with Crippen LogP contribution in [0.3, 0.4) is 0 Å². The fourth-order valence-corrected chi connectivity index (χ4v) is 1.65. The summed E-state index contributed by atoms with van der Waals surface area (Å²) in [4.78, 5) is 8.05. The molecule has 0 unspecified atom stereocenters. The molecule has 0 amide bonds. The van der Waals surface area contributed by atoms with Crippen LogP contribution >= 0.6 is 27.5 Å². The standard InChI is InChI=1S/C10H6BrClN2O/c11-6-1-2-8(15)7(5-6)10-13-4-3-9(12)14-10/h1-5,15H. The van der Waals surface area contributed by atoms with Crippen LogP contribution in [0.15, 0.2) is 34.9 Å². The average Bonchev–Trinajstić information content (AvgIpc) is 2.22. The molecule has 3 nitrogen and oxygen atoms in total. The summed E-state index contributed by atoms with van der Waals surface area (Å²) in [6, 6.07) is 6.63. The van der Waals surface area contributed by atoms with Gasteiger partial charge in [-0.15, -0.1) is 0 Å². The fourth-order valence-electron chi connectivity index (χ4n) is 1.15. The summed E-state index contributed by atoms with van der Waals surface area (Å²) in [5.41, 5.74) is 0.548. The van der Waals surface area contributed by atoms with E-state index >= 15 is 0 Å². The number of halogens is 2. The molecule has 0 aliphatic carbocycles. The van der Waals surface area contributed by atoms with Crippen molar-refractivity contribution >= 4 is 27.5 Å². The molecule has 2 aromatic rings. The quantitative estimate of drug-likeness (QED) is 0.818. The number of phenolic OH excluding ortho intramolecular Hbond substituents is 1. The number of benzene rings is 1. The molecular weight excluding hydrogens is 279 g/mol. The lowest BCUT2D eigenvalue weighted by molar-refractivity contribution is 0.477. The second kappa shape index (κ2) is 4.16. The zero-order valence-electron chi connectivity index (χ0n) is 7.48. The molecular formula is C10H6BrClN2O. The third-order valence-corrected chi connectivity index (χ3v) is 2.52. The first-order chi connectivity index (χ1) is 7.16. The van der Waals surface area contributed by atoms with Gasteiger partial charge in [-0.1, -0.05) is 27.5 Å². The summed E-state index contributed by atoms with van der Waals surface area (Å²) >= 11 is 9.05.